The van der Waals surface area contributed by atoms with Crippen LogP contribution in [0.15, 0.2) is 42.5 Å². The van der Waals surface area contributed by atoms with E-state index in [9.17, 15) is 10.1 Å². The highest BCUT2D eigenvalue weighted by Crippen LogP contribution is 2.37. The van der Waals surface area contributed by atoms with Crippen LogP contribution in [0.1, 0.15) is 17.5 Å². The van der Waals surface area contributed by atoms with Gasteiger partial charge in [-0.1, -0.05) is 18.2 Å². The van der Waals surface area contributed by atoms with Crippen molar-refractivity contribution in [3.05, 3.63) is 63.7 Å². The van der Waals surface area contributed by atoms with Gasteiger partial charge >= 0.3 is 0 Å². The molecule has 3 rings (SSSR count). The van der Waals surface area contributed by atoms with Crippen LogP contribution in [0, 0.1) is 10.1 Å². The Balaban J connectivity index is 2.03. The van der Waals surface area contributed by atoms with Gasteiger partial charge in [0, 0.05) is 30.1 Å². The highest BCUT2D eigenvalue weighted by molar-refractivity contribution is 5.72. The van der Waals surface area contributed by atoms with Crippen LogP contribution in [0.5, 0.6) is 0 Å². The molecule has 2 aromatic carbocycles. The topological polar surface area (TPSA) is 58.4 Å². The van der Waals surface area contributed by atoms with Crippen LogP contribution < -0.4 is 10.2 Å². The molecule has 0 fully saturated rings. The number of para-hydroxylation sites is 1. The molecule has 0 saturated heterocycles. The summed E-state index contributed by atoms with van der Waals surface area (Å²) in [6, 6.07) is 13.6. The predicted molar refractivity (Wildman–Crippen MR) is 92.5 cm³/mol. The minimum atomic E-state index is -0.316. The Morgan fingerprint density at radius 3 is 2.65 bits per heavy atom. The molecule has 0 bridgehead atoms. The van der Waals surface area contributed by atoms with E-state index in [2.05, 4.69) is 34.5 Å². The van der Waals surface area contributed by atoms with E-state index in [1.807, 2.05) is 13.1 Å². The zero-order valence-corrected chi connectivity index (χ0v) is 13.3. The number of hydrogen-bond donors (Lipinski definition) is 1. The minimum absolute atomic E-state index is 0.171. The van der Waals surface area contributed by atoms with Gasteiger partial charge < -0.3 is 10.2 Å². The molecular formula is C18H21N3O2. The lowest BCUT2D eigenvalue weighted by Crippen LogP contribution is -2.23. The fourth-order valence-electron chi connectivity index (χ4n) is 3.19. The predicted octanol–water partition coefficient (Wildman–Crippen LogP) is 3.44. The number of benzene rings is 2. The third-order valence-corrected chi connectivity index (χ3v) is 4.32. The van der Waals surface area contributed by atoms with Gasteiger partial charge in [0.2, 0.25) is 0 Å². The quantitative estimate of drug-likeness (QED) is 0.522. The van der Waals surface area contributed by atoms with E-state index in [1.54, 1.807) is 12.1 Å². The fraction of sp³-hybridized carbons (Fsp3) is 0.333. The molecule has 1 aliphatic rings. The third-order valence-electron chi connectivity index (χ3n) is 4.32. The maximum Gasteiger partial charge on any atom is 0.269 e. The molecule has 5 nitrogen and oxygen atoms in total. The van der Waals surface area contributed by atoms with Crippen molar-refractivity contribution in [2.75, 3.05) is 25.0 Å². The number of fused-ring (bicyclic) bond motifs is 2. The molecule has 23 heavy (non-hydrogen) atoms. The van der Waals surface area contributed by atoms with Crippen molar-refractivity contribution in [2.45, 2.75) is 19.3 Å². The molecule has 0 saturated carbocycles. The number of nitrogens with one attached hydrogen (secondary N) is 1. The largest absolute Gasteiger partial charge is 0.341 e. The number of nitro benzene ring substituents is 1. The Morgan fingerprint density at radius 1 is 1.13 bits per heavy atom. The zero-order valence-electron chi connectivity index (χ0n) is 13.3. The van der Waals surface area contributed by atoms with Crippen molar-refractivity contribution in [1.29, 1.82) is 0 Å². The van der Waals surface area contributed by atoms with Gasteiger partial charge in [0.05, 0.1) is 4.92 Å². The lowest BCUT2D eigenvalue weighted by molar-refractivity contribution is -0.384. The average Bonchev–Trinajstić information content (AvgIpc) is 2.72. The molecule has 0 spiro atoms. The number of rotatable bonds is 5. The van der Waals surface area contributed by atoms with Gasteiger partial charge in [0.1, 0.15) is 0 Å². The second-order valence-corrected chi connectivity index (χ2v) is 5.81. The first-order valence-corrected chi connectivity index (χ1v) is 7.98. The van der Waals surface area contributed by atoms with Gasteiger partial charge in [-0.15, -0.1) is 0 Å². The molecule has 2 aromatic rings. The van der Waals surface area contributed by atoms with Crippen molar-refractivity contribution in [3.63, 3.8) is 0 Å². The molecule has 0 amide bonds. The summed E-state index contributed by atoms with van der Waals surface area (Å²) in [7, 11) is 1.95. The molecule has 0 atom stereocenters. The van der Waals surface area contributed by atoms with E-state index in [1.165, 1.54) is 11.3 Å². The van der Waals surface area contributed by atoms with Gasteiger partial charge in [-0.3, -0.25) is 10.1 Å². The van der Waals surface area contributed by atoms with Crippen molar-refractivity contribution < 1.29 is 4.92 Å². The Morgan fingerprint density at radius 2 is 1.87 bits per heavy atom. The van der Waals surface area contributed by atoms with Crippen molar-refractivity contribution in [1.82, 2.24) is 5.32 Å². The molecule has 0 aliphatic carbocycles. The maximum absolute atomic E-state index is 11.1. The highest BCUT2D eigenvalue weighted by Gasteiger charge is 2.22. The number of non-ortho nitro benzene ring substituents is 1. The minimum Gasteiger partial charge on any atom is -0.341 e. The van der Waals surface area contributed by atoms with Gasteiger partial charge in [-0.2, -0.15) is 0 Å². The van der Waals surface area contributed by atoms with Crippen molar-refractivity contribution in [3.8, 4) is 0 Å². The average molecular weight is 311 g/mol. The molecular weight excluding hydrogens is 290 g/mol. The molecule has 0 unspecified atom stereocenters. The SMILES string of the molecule is CNCCCN1c2ccccc2CCc2cc([N+](=O)[O-])ccc21. The number of anilines is 2. The molecule has 0 radical (unpaired) electrons. The second kappa shape index (κ2) is 6.79. The van der Waals surface area contributed by atoms with Crippen molar-refractivity contribution >= 4 is 17.1 Å². The van der Waals surface area contributed by atoms with Gasteiger partial charge in [-0.25, -0.2) is 0 Å². The van der Waals surface area contributed by atoms with E-state index < -0.39 is 0 Å². The van der Waals surface area contributed by atoms with E-state index in [0.29, 0.717) is 0 Å². The van der Waals surface area contributed by atoms with Crippen LogP contribution in [0.3, 0.4) is 0 Å². The van der Waals surface area contributed by atoms with Gasteiger partial charge in [0.25, 0.3) is 5.69 Å². The first-order valence-electron chi connectivity index (χ1n) is 7.98. The molecule has 0 aromatic heterocycles. The summed E-state index contributed by atoms with van der Waals surface area (Å²) in [4.78, 5) is 13.1. The van der Waals surface area contributed by atoms with Crippen LogP contribution in [-0.4, -0.2) is 25.1 Å². The smallest absolute Gasteiger partial charge is 0.269 e. The van der Waals surface area contributed by atoms with Crippen LogP contribution in [-0.2, 0) is 12.8 Å². The van der Waals surface area contributed by atoms with Crippen LogP contribution in [0.4, 0.5) is 17.1 Å². The van der Waals surface area contributed by atoms with Crippen molar-refractivity contribution in [2.24, 2.45) is 0 Å². The summed E-state index contributed by atoms with van der Waals surface area (Å²) < 4.78 is 0. The van der Waals surface area contributed by atoms with Gasteiger partial charge in [0.15, 0.2) is 0 Å². The van der Waals surface area contributed by atoms with Crippen LogP contribution >= 0.6 is 0 Å². The Hall–Kier alpha value is -2.40. The summed E-state index contributed by atoms with van der Waals surface area (Å²) in [5.74, 6) is 0. The number of aryl methyl sites for hydroxylation is 2. The Bertz CT molecular complexity index is 715. The normalized spacial score (nSPS) is 13.2. The maximum atomic E-state index is 11.1. The third kappa shape index (κ3) is 3.19. The van der Waals surface area contributed by atoms with E-state index in [-0.39, 0.29) is 10.6 Å². The number of nitro groups is 1. The first kappa shape index (κ1) is 15.5. The number of nitrogens with zero attached hydrogens (tertiary/aromatic N) is 2. The summed E-state index contributed by atoms with van der Waals surface area (Å²) >= 11 is 0. The molecule has 5 heteroatoms. The Labute approximate surface area is 136 Å². The monoisotopic (exact) mass is 311 g/mol. The highest BCUT2D eigenvalue weighted by atomic mass is 16.6. The Kier molecular flexibility index (Phi) is 4.57. The summed E-state index contributed by atoms with van der Waals surface area (Å²) in [6.07, 6.45) is 2.75. The van der Waals surface area contributed by atoms with Gasteiger partial charge in [-0.05, 0) is 56.1 Å². The van der Waals surface area contributed by atoms with Crippen LogP contribution in [0.2, 0.25) is 0 Å². The summed E-state index contributed by atoms with van der Waals surface area (Å²) in [5, 5.41) is 14.2. The van der Waals surface area contributed by atoms with Crippen LogP contribution in [0.25, 0.3) is 0 Å². The van der Waals surface area contributed by atoms with E-state index in [4.69, 9.17) is 0 Å². The second-order valence-electron chi connectivity index (χ2n) is 5.81. The lowest BCUT2D eigenvalue weighted by atomic mass is 10.0. The molecule has 1 aliphatic heterocycles. The molecule has 1 heterocycles. The van der Waals surface area contributed by atoms with E-state index in [0.717, 1.165) is 43.6 Å². The number of hydrogen-bond acceptors (Lipinski definition) is 4. The fourth-order valence-corrected chi connectivity index (χ4v) is 3.19. The van der Waals surface area contributed by atoms with E-state index >= 15 is 0 Å². The standard InChI is InChI=1S/C18H21N3O2/c1-19-11-4-12-20-17-6-3-2-5-14(17)7-8-15-13-16(21(22)23)9-10-18(15)20/h2-3,5-6,9-10,13,19H,4,7-8,11-12H2,1H3. The first-order chi connectivity index (χ1) is 11.2. The zero-order chi connectivity index (χ0) is 16.2. The lowest BCUT2D eigenvalue weighted by Gasteiger charge is -2.27. The summed E-state index contributed by atoms with van der Waals surface area (Å²) in [5.41, 5.74) is 4.84. The molecule has 1 N–H and O–H groups in total. The summed E-state index contributed by atoms with van der Waals surface area (Å²) in [6.45, 7) is 1.84. The molecule has 120 valence electrons.